The zero-order valence-electron chi connectivity index (χ0n) is 26.8. The monoisotopic (exact) mass is 627 g/mol. The van der Waals surface area contributed by atoms with Gasteiger partial charge in [-0.25, -0.2) is 0 Å². The van der Waals surface area contributed by atoms with Crippen molar-refractivity contribution in [3.05, 3.63) is 78.0 Å². The standard InChI is InChI=1S/C35H45N7O4/c1-3-31(43)38-29(35(46)42-21-19-41(20-22-42)24-26-9-5-4-6-10-26)23-25-13-15-28(16-14-25)37-33(44)32(27-11-7-8-12-27)34(45)39-30-17-18-36-40(30)2/h4-6,9-10,13-18,27,29,32H,3,7-8,11-12,19-24H2,1-2H3,(H,37,44)(H,38,43)(H,39,45)/t29-,32+/m1/s1. The van der Waals surface area contributed by atoms with Gasteiger partial charge in [-0.1, -0.05) is 62.2 Å². The Labute approximate surface area is 270 Å². The Morgan fingerprint density at radius 2 is 1.52 bits per heavy atom. The van der Waals surface area contributed by atoms with E-state index in [0.29, 0.717) is 31.0 Å². The van der Waals surface area contributed by atoms with E-state index in [0.717, 1.165) is 50.9 Å². The molecule has 2 aliphatic rings. The van der Waals surface area contributed by atoms with Crippen LogP contribution < -0.4 is 16.0 Å². The summed E-state index contributed by atoms with van der Waals surface area (Å²) in [6.45, 7) is 5.36. The van der Waals surface area contributed by atoms with Crippen LogP contribution in [-0.2, 0) is 39.2 Å². The van der Waals surface area contributed by atoms with Crippen LogP contribution in [0.25, 0.3) is 0 Å². The highest BCUT2D eigenvalue weighted by atomic mass is 16.2. The lowest BCUT2D eigenvalue weighted by molar-refractivity contribution is -0.138. The molecule has 11 heteroatoms. The van der Waals surface area contributed by atoms with Crippen LogP contribution in [0.3, 0.4) is 0 Å². The van der Waals surface area contributed by atoms with E-state index in [1.165, 1.54) is 5.56 Å². The molecule has 1 saturated carbocycles. The van der Waals surface area contributed by atoms with E-state index < -0.39 is 12.0 Å². The zero-order chi connectivity index (χ0) is 32.5. The van der Waals surface area contributed by atoms with Crippen molar-refractivity contribution in [3.8, 4) is 0 Å². The summed E-state index contributed by atoms with van der Waals surface area (Å²) >= 11 is 0. The maximum absolute atomic E-state index is 13.6. The van der Waals surface area contributed by atoms with Crippen LogP contribution in [0.5, 0.6) is 0 Å². The molecule has 0 unspecified atom stereocenters. The molecule has 5 rings (SSSR count). The number of carbonyl (C=O) groups is 4. The quantitative estimate of drug-likeness (QED) is 0.264. The van der Waals surface area contributed by atoms with Gasteiger partial charge in [0.25, 0.3) is 0 Å². The van der Waals surface area contributed by atoms with Crippen molar-refractivity contribution in [2.24, 2.45) is 18.9 Å². The molecule has 0 spiro atoms. The average molecular weight is 628 g/mol. The largest absolute Gasteiger partial charge is 0.344 e. The molecule has 11 nitrogen and oxygen atoms in total. The Hall–Kier alpha value is -4.51. The van der Waals surface area contributed by atoms with E-state index in [9.17, 15) is 19.2 Å². The topological polar surface area (TPSA) is 129 Å². The number of aromatic nitrogens is 2. The average Bonchev–Trinajstić information content (AvgIpc) is 3.74. The molecule has 244 valence electrons. The Kier molecular flexibility index (Phi) is 11.2. The van der Waals surface area contributed by atoms with E-state index in [1.807, 2.05) is 35.2 Å². The summed E-state index contributed by atoms with van der Waals surface area (Å²) in [4.78, 5) is 57.0. The van der Waals surface area contributed by atoms with Crippen LogP contribution in [0.4, 0.5) is 11.5 Å². The molecule has 2 aromatic carbocycles. The molecule has 1 aromatic heterocycles. The maximum Gasteiger partial charge on any atom is 0.245 e. The lowest BCUT2D eigenvalue weighted by atomic mass is 9.89. The summed E-state index contributed by atoms with van der Waals surface area (Å²) in [6, 6.07) is 18.6. The van der Waals surface area contributed by atoms with Gasteiger partial charge < -0.3 is 20.9 Å². The number of nitrogens with zero attached hydrogens (tertiary/aromatic N) is 4. The summed E-state index contributed by atoms with van der Waals surface area (Å²) in [5.74, 6) is -1.24. The highest BCUT2D eigenvalue weighted by molar-refractivity contribution is 6.10. The molecule has 1 aliphatic heterocycles. The van der Waals surface area contributed by atoms with Crippen molar-refractivity contribution in [1.82, 2.24) is 24.9 Å². The lowest BCUT2D eigenvalue weighted by Gasteiger charge is -2.36. The van der Waals surface area contributed by atoms with Crippen LogP contribution in [0, 0.1) is 11.8 Å². The molecular formula is C35H45N7O4. The second-order valence-electron chi connectivity index (χ2n) is 12.3. The first-order valence-electron chi connectivity index (χ1n) is 16.3. The molecule has 2 heterocycles. The van der Waals surface area contributed by atoms with E-state index >= 15 is 0 Å². The second-order valence-corrected chi connectivity index (χ2v) is 12.3. The third kappa shape index (κ3) is 8.60. The minimum Gasteiger partial charge on any atom is -0.344 e. The lowest BCUT2D eigenvalue weighted by Crippen LogP contribution is -2.55. The highest BCUT2D eigenvalue weighted by Crippen LogP contribution is 2.33. The molecule has 4 amide bonds. The van der Waals surface area contributed by atoms with Crippen LogP contribution >= 0.6 is 0 Å². The van der Waals surface area contributed by atoms with Crippen molar-refractivity contribution in [2.75, 3.05) is 36.8 Å². The number of nitrogens with one attached hydrogen (secondary N) is 3. The van der Waals surface area contributed by atoms with Gasteiger partial charge in [0.15, 0.2) is 0 Å². The van der Waals surface area contributed by atoms with E-state index in [2.05, 4.69) is 38.1 Å². The number of piperazine rings is 1. The Morgan fingerprint density at radius 3 is 2.15 bits per heavy atom. The van der Waals surface area contributed by atoms with Crippen LogP contribution in [0.15, 0.2) is 66.9 Å². The van der Waals surface area contributed by atoms with Crippen molar-refractivity contribution in [3.63, 3.8) is 0 Å². The number of carbonyl (C=O) groups excluding carboxylic acids is 4. The molecule has 2 fully saturated rings. The number of hydrogen-bond donors (Lipinski definition) is 3. The third-order valence-electron chi connectivity index (χ3n) is 9.06. The van der Waals surface area contributed by atoms with E-state index in [-0.39, 0.29) is 36.0 Å². The van der Waals surface area contributed by atoms with Gasteiger partial charge in [-0.15, -0.1) is 0 Å². The molecule has 46 heavy (non-hydrogen) atoms. The van der Waals surface area contributed by atoms with Crippen molar-refractivity contribution >= 4 is 35.1 Å². The zero-order valence-corrected chi connectivity index (χ0v) is 26.8. The number of rotatable bonds is 12. The minimum atomic E-state index is -0.823. The van der Waals surface area contributed by atoms with Gasteiger partial charge in [0.1, 0.15) is 17.8 Å². The number of aryl methyl sites for hydroxylation is 1. The predicted octanol–water partition coefficient (Wildman–Crippen LogP) is 3.59. The van der Waals surface area contributed by atoms with Crippen molar-refractivity contribution in [1.29, 1.82) is 0 Å². The number of amides is 4. The van der Waals surface area contributed by atoms with Gasteiger partial charge in [0, 0.05) is 64.4 Å². The normalized spacial score (nSPS) is 16.9. The summed E-state index contributed by atoms with van der Waals surface area (Å²) < 4.78 is 1.56. The molecule has 3 aromatic rings. The molecule has 0 radical (unpaired) electrons. The summed E-state index contributed by atoms with van der Waals surface area (Å²) in [6.07, 6.45) is 5.88. The summed E-state index contributed by atoms with van der Waals surface area (Å²) in [5.41, 5.74) is 2.67. The molecule has 1 saturated heterocycles. The first-order valence-corrected chi connectivity index (χ1v) is 16.3. The molecule has 1 aliphatic carbocycles. The Morgan fingerprint density at radius 1 is 0.848 bits per heavy atom. The van der Waals surface area contributed by atoms with Gasteiger partial charge in [-0.2, -0.15) is 5.10 Å². The fourth-order valence-electron chi connectivity index (χ4n) is 6.40. The first kappa shape index (κ1) is 32.9. The smallest absolute Gasteiger partial charge is 0.245 e. The molecule has 0 bridgehead atoms. The van der Waals surface area contributed by atoms with E-state index in [1.54, 1.807) is 43.0 Å². The SMILES string of the molecule is CCC(=O)N[C@H](Cc1ccc(NC(=O)[C@@H](C(=O)Nc2ccnn2C)C2CCCC2)cc1)C(=O)N1CCN(Cc2ccccc2)CC1. The highest BCUT2D eigenvalue weighted by Gasteiger charge is 2.37. The fourth-order valence-corrected chi connectivity index (χ4v) is 6.40. The van der Waals surface area contributed by atoms with E-state index in [4.69, 9.17) is 0 Å². The van der Waals surface area contributed by atoms with Crippen molar-refractivity contribution in [2.45, 2.75) is 58.0 Å². The number of hydrogen-bond acceptors (Lipinski definition) is 6. The van der Waals surface area contributed by atoms with Gasteiger partial charge in [0.05, 0.1) is 6.20 Å². The Balaban J connectivity index is 1.20. The van der Waals surface area contributed by atoms with Gasteiger partial charge in [-0.05, 0) is 42.0 Å². The minimum absolute atomic E-state index is 0.0262. The van der Waals surface area contributed by atoms with Gasteiger partial charge >= 0.3 is 0 Å². The van der Waals surface area contributed by atoms with Crippen LogP contribution in [0.1, 0.15) is 50.2 Å². The predicted molar refractivity (Wildman–Crippen MR) is 177 cm³/mol. The maximum atomic E-state index is 13.6. The Bertz CT molecular complexity index is 1480. The van der Waals surface area contributed by atoms with Crippen molar-refractivity contribution < 1.29 is 19.2 Å². The van der Waals surface area contributed by atoms with Crippen LogP contribution in [0.2, 0.25) is 0 Å². The molecular weight excluding hydrogens is 582 g/mol. The second kappa shape index (κ2) is 15.7. The molecule has 2 atom stereocenters. The third-order valence-corrected chi connectivity index (χ3v) is 9.06. The fraction of sp³-hybridized carbons (Fsp3) is 0.457. The van der Waals surface area contributed by atoms with Gasteiger partial charge in [-0.3, -0.25) is 28.8 Å². The summed E-state index contributed by atoms with van der Waals surface area (Å²) in [7, 11) is 1.74. The first-order chi connectivity index (χ1) is 22.3. The summed E-state index contributed by atoms with van der Waals surface area (Å²) in [5, 5.41) is 12.8. The molecule has 3 N–H and O–H groups in total. The van der Waals surface area contributed by atoms with Gasteiger partial charge in [0.2, 0.25) is 23.6 Å². The number of anilines is 2. The van der Waals surface area contributed by atoms with Crippen LogP contribution in [-0.4, -0.2) is 75.4 Å². The number of benzene rings is 2.